The number of imidazole rings is 1. The maximum Gasteiger partial charge on any atom is 0.271 e. The van der Waals surface area contributed by atoms with Crippen LogP contribution in [0.1, 0.15) is 0 Å². The number of fused-ring (bicyclic) bond motifs is 1. The minimum atomic E-state index is -0.418. The van der Waals surface area contributed by atoms with E-state index in [-0.39, 0.29) is 5.69 Å². The number of thioether (sulfide) groups is 1. The summed E-state index contributed by atoms with van der Waals surface area (Å²) in [6, 6.07) is 4.58. The van der Waals surface area contributed by atoms with Gasteiger partial charge in [0.05, 0.1) is 16.0 Å². The summed E-state index contributed by atoms with van der Waals surface area (Å²) >= 11 is 1.47. The van der Waals surface area contributed by atoms with E-state index in [9.17, 15) is 10.1 Å². The molecule has 1 aromatic heterocycles. The minimum Gasteiger partial charge on any atom is -0.333 e. The number of non-ortho nitro benzene ring substituents is 1. The summed E-state index contributed by atoms with van der Waals surface area (Å²) in [5, 5.41) is 11.3. The van der Waals surface area contributed by atoms with Crippen molar-refractivity contribution in [3.8, 4) is 0 Å². The summed E-state index contributed by atoms with van der Waals surface area (Å²) in [6.07, 6.45) is 1.89. The molecule has 0 radical (unpaired) electrons. The van der Waals surface area contributed by atoms with Crippen molar-refractivity contribution in [3.05, 3.63) is 28.3 Å². The quantitative estimate of drug-likeness (QED) is 0.467. The average molecular weight is 209 g/mol. The van der Waals surface area contributed by atoms with E-state index in [1.165, 1.54) is 23.9 Å². The first-order valence-electron chi connectivity index (χ1n) is 3.89. The molecule has 2 rings (SSSR count). The highest BCUT2D eigenvalue weighted by Crippen LogP contribution is 2.21. The molecule has 1 heterocycles. The fraction of sp³-hybridized carbons (Fsp3) is 0.125. The average Bonchev–Trinajstić information content (AvgIpc) is 2.58. The van der Waals surface area contributed by atoms with Gasteiger partial charge >= 0.3 is 0 Å². The lowest BCUT2D eigenvalue weighted by molar-refractivity contribution is -0.384. The van der Waals surface area contributed by atoms with E-state index in [2.05, 4.69) is 9.97 Å². The second kappa shape index (κ2) is 3.30. The van der Waals surface area contributed by atoms with Gasteiger partial charge in [-0.3, -0.25) is 10.1 Å². The van der Waals surface area contributed by atoms with Crippen LogP contribution in [0.4, 0.5) is 5.69 Å². The van der Waals surface area contributed by atoms with Crippen LogP contribution in [-0.4, -0.2) is 21.1 Å². The molecular formula is C8H7N3O2S. The number of H-pyrrole nitrogens is 1. The molecular weight excluding hydrogens is 202 g/mol. The molecule has 5 nitrogen and oxygen atoms in total. The molecule has 0 bridgehead atoms. The highest BCUT2D eigenvalue weighted by atomic mass is 32.2. The van der Waals surface area contributed by atoms with Gasteiger partial charge < -0.3 is 4.98 Å². The molecule has 2 aromatic rings. The van der Waals surface area contributed by atoms with E-state index in [1.54, 1.807) is 6.07 Å². The largest absolute Gasteiger partial charge is 0.333 e. The summed E-state index contributed by atoms with van der Waals surface area (Å²) in [6.45, 7) is 0. The van der Waals surface area contributed by atoms with E-state index >= 15 is 0 Å². The van der Waals surface area contributed by atoms with Gasteiger partial charge in [-0.1, -0.05) is 11.8 Å². The fourth-order valence-corrected chi connectivity index (χ4v) is 1.59. The van der Waals surface area contributed by atoms with E-state index in [0.29, 0.717) is 5.52 Å². The molecule has 0 spiro atoms. The molecule has 6 heteroatoms. The van der Waals surface area contributed by atoms with Crippen LogP contribution in [-0.2, 0) is 0 Å². The molecule has 0 aliphatic heterocycles. The number of aromatic amines is 1. The lowest BCUT2D eigenvalue weighted by Crippen LogP contribution is -1.86. The zero-order chi connectivity index (χ0) is 10.1. The first-order valence-corrected chi connectivity index (χ1v) is 5.11. The van der Waals surface area contributed by atoms with Crippen molar-refractivity contribution in [2.75, 3.05) is 6.26 Å². The molecule has 1 N–H and O–H groups in total. The number of rotatable bonds is 2. The highest BCUT2D eigenvalue weighted by molar-refractivity contribution is 7.98. The van der Waals surface area contributed by atoms with Crippen LogP contribution < -0.4 is 0 Å². The van der Waals surface area contributed by atoms with Crippen molar-refractivity contribution < 1.29 is 4.92 Å². The van der Waals surface area contributed by atoms with Gasteiger partial charge in [-0.15, -0.1) is 0 Å². The lowest BCUT2D eigenvalue weighted by Gasteiger charge is -1.89. The van der Waals surface area contributed by atoms with Gasteiger partial charge in [-0.25, -0.2) is 4.98 Å². The third-order valence-electron chi connectivity index (χ3n) is 1.85. The number of nitrogens with zero attached hydrogens (tertiary/aromatic N) is 2. The van der Waals surface area contributed by atoms with Gasteiger partial charge in [0.2, 0.25) is 0 Å². The van der Waals surface area contributed by atoms with Crippen LogP contribution >= 0.6 is 11.8 Å². The van der Waals surface area contributed by atoms with Crippen molar-refractivity contribution in [1.82, 2.24) is 9.97 Å². The Balaban J connectivity index is 2.59. The van der Waals surface area contributed by atoms with Crippen molar-refractivity contribution in [1.29, 1.82) is 0 Å². The summed E-state index contributed by atoms with van der Waals surface area (Å²) in [7, 11) is 0. The third-order valence-corrected chi connectivity index (χ3v) is 2.43. The fourth-order valence-electron chi connectivity index (χ4n) is 1.18. The summed E-state index contributed by atoms with van der Waals surface area (Å²) in [5.41, 5.74) is 1.53. The van der Waals surface area contributed by atoms with Gasteiger partial charge in [0.1, 0.15) is 0 Å². The van der Waals surface area contributed by atoms with Crippen LogP contribution in [0.5, 0.6) is 0 Å². The molecule has 14 heavy (non-hydrogen) atoms. The Morgan fingerprint density at radius 2 is 2.36 bits per heavy atom. The van der Waals surface area contributed by atoms with Gasteiger partial charge in [0.15, 0.2) is 5.16 Å². The maximum absolute atomic E-state index is 10.5. The van der Waals surface area contributed by atoms with Crippen LogP contribution in [0.3, 0.4) is 0 Å². The molecule has 0 amide bonds. The molecule has 1 aromatic carbocycles. The zero-order valence-electron chi connectivity index (χ0n) is 7.35. The van der Waals surface area contributed by atoms with Gasteiger partial charge in [-0.05, 0) is 12.3 Å². The smallest absolute Gasteiger partial charge is 0.271 e. The number of hydrogen-bond donors (Lipinski definition) is 1. The van der Waals surface area contributed by atoms with Crippen molar-refractivity contribution >= 4 is 28.5 Å². The molecule has 0 saturated heterocycles. The maximum atomic E-state index is 10.5. The highest BCUT2D eigenvalue weighted by Gasteiger charge is 2.08. The van der Waals surface area contributed by atoms with Gasteiger partial charge in [-0.2, -0.15) is 0 Å². The van der Waals surface area contributed by atoms with Crippen molar-refractivity contribution in [3.63, 3.8) is 0 Å². The zero-order valence-corrected chi connectivity index (χ0v) is 8.17. The Hall–Kier alpha value is -1.56. The van der Waals surface area contributed by atoms with E-state index in [0.717, 1.165) is 10.7 Å². The van der Waals surface area contributed by atoms with Gasteiger partial charge in [0, 0.05) is 12.1 Å². The number of nitro benzene ring substituents is 1. The Morgan fingerprint density at radius 3 is 3.00 bits per heavy atom. The molecule has 72 valence electrons. The number of hydrogen-bond acceptors (Lipinski definition) is 4. The SMILES string of the molecule is CSc1nc2ccc([N+](=O)[O-])cc2[nH]1. The Kier molecular flexibility index (Phi) is 2.12. The van der Waals surface area contributed by atoms with E-state index in [1.807, 2.05) is 6.26 Å². The predicted molar refractivity (Wildman–Crippen MR) is 54.5 cm³/mol. The second-order valence-corrected chi connectivity index (χ2v) is 3.50. The summed E-state index contributed by atoms with van der Waals surface area (Å²) in [4.78, 5) is 17.3. The predicted octanol–water partition coefficient (Wildman–Crippen LogP) is 2.19. The van der Waals surface area contributed by atoms with Crippen LogP contribution in [0.2, 0.25) is 0 Å². The topological polar surface area (TPSA) is 71.8 Å². The minimum absolute atomic E-state index is 0.0776. The monoisotopic (exact) mass is 209 g/mol. The second-order valence-electron chi connectivity index (χ2n) is 2.70. The molecule has 0 aliphatic carbocycles. The van der Waals surface area contributed by atoms with E-state index in [4.69, 9.17) is 0 Å². The number of benzene rings is 1. The summed E-state index contributed by atoms with van der Waals surface area (Å²) < 4.78 is 0. The lowest BCUT2D eigenvalue weighted by atomic mass is 10.3. The Morgan fingerprint density at radius 1 is 1.57 bits per heavy atom. The molecule has 0 aliphatic rings. The standard InChI is InChI=1S/C8H7N3O2S/c1-14-8-9-6-3-2-5(11(12)13)4-7(6)10-8/h2-4H,1H3,(H,9,10). The Labute approximate surface area is 83.7 Å². The van der Waals surface area contributed by atoms with Crippen LogP contribution in [0.25, 0.3) is 11.0 Å². The number of nitro groups is 1. The van der Waals surface area contributed by atoms with Crippen LogP contribution in [0.15, 0.2) is 23.4 Å². The molecule has 0 fully saturated rings. The number of aromatic nitrogens is 2. The first-order chi connectivity index (χ1) is 6.70. The van der Waals surface area contributed by atoms with Gasteiger partial charge in [0.25, 0.3) is 5.69 Å². The van der Waals surface area contributed by atoms with Crippen molar-refractivity contribution in [2.45, 2.75) is 5.16 Å². The normalized spacial score (nSPS) is 10.6. The molecule has 0 unspecified atom stereocenters. The number of nitrogens with one attached hydrogen (secondary N) is 1. The third kappa shape index (κ3) is 1.44. The van der Waals surface area contributed by atoms with Crippen molar-refractivity contribution in [2.24, 2.45) is 0 Å². The summed E-state index contributed by atoms with van der Waals surface area (Å²) in [5.74, 6) is 0. The first kappa shape index (κ1) is 9.01. The van der Waals surface area contributed by atoms with E-state index < -0.39 is 4.92 Å². The Bertz CT molecular complexity index is 494. The molecule has 0 saturated carbocycles. The molecule has 0 atom stereocenters. The van der Waals surface area contributed by atoms with Crippen LogP contribution in [0, 0.1) is 10.1 Å².